The number of rotatable bonds is 6. The molecule has 3 rings (SSSR count). The third-order valence-electron chi connectivity index (χ3n) is 4.83. The molecule has 28 heavy (non-hydrogen) atoms. The number of nitrogens with one attached hydrogen (secondary N) is 2. The van der Waals surface area contributed by atoms with Gasteiger partial charge in [0.1, 0.15) is 0 Å². The van der Waals surface area contributed by atoms with E-state index >= 15 is 0 Å². The summed E-state index contributed by atoms with van der Waals surface area (Å²) >= 11 is 7.27. The van der Waals surface area contributed by atoms with Gasteiger partial charge in [-0.25, -0.2) is 4.98 Å². The fraction of sp³-hybridized carbons (Fsp3) is 0.474. The van der Waals surface area contributed by atoms with Crippen LogP contribution in [0.15, 0.2) is 28.2 Å². The Morgan fingerprint density at radius 2 is 2.00 bits per heavy atom. The summed E-state index contributed by atoms with van der Waals surface area (Å²) in [6, 6.07) is 5.15. The van der Waals surface area contributed by atoms with Crippen LogP contribution in [0.4, 0.5) is 0 Å². The maximum absolute atomic E-state index is 13.2. The van der Waals surface area contributed by atoms with Crippen LogP contribution in [0.1, 0.15) is 38.1 Å². The Hall–Kier alpha value is -2.06. The lowest BCUT2D eigenvalue weighted by Crippen LogP contribution is -2.36. The number of carbonyl (C=O) groups is 2. The molecule has 0 radical (unpaired) electrons. The summed E-state index contributed by atoms with van der Waals surface area (Å²) in [6.07, 6.45) is 5.18. The zero-order valence-corrected chi connectivity index (χ0v) is 17.2. The Morgan fingerprint density at radius 1 is 1.25 bits per heavy atom. The van der Waals surface area contributed by atoms with Crippen molar-refractivity contribution in [1.29, 1.82) is 0 Å². The number of thioether (sulfide) groups is 1. The van der Waals surface area contributed by atoms with Crippen LogP contribution in [0, 0.1) is 0 Å². The Morgan fingerprint density at radius 3 is 2.71 bits per heavy atom. The second kappa shape index (κ2) is 9.43. The van der Waals surface area contributed by atoms with Gasteiger partial charge in [0.2, 0.25) is 11.8 Å². The summed E-state index contributed by atoms with van der Waals surface area (Å²) in [5, 5.41) is 6.56. The van der Waals surface area contributed by atoms with Gasteiger partial charge in [0.05, 0.1) is 23.2 Å². The van der Waals surface area contributed by atoms with E-state index in [2.05, 4.69) is 15.6 Å². The standard InChI is InChI=1S/C19H23ClN4O3S/c1-21-16(25)10-22-17(26)11-28-19-23-15-9-12(20)7-8-14(15)18(27)24(19)13-5-3-2-4-6-13/h7-9,13H,2-6,10-11H2,1H3,(H,21,25)(H,22,26). The molecular formula is C19H23ClN4O3S. The summed E-state index contributed by atoms with van der Waals surface area (Å²) < 4.78 is 1.74. The van der Waals surface area contributed by atoms with E-state index in [0.717, 1.165) is 25.7 Å². The maximum atomic E-state index is 13.2. The first-order valence-electron chi connectivity index (χ1n) is 9.31. The number of hydrogen-bond acceptors (Lipinski definition) is 5. The van der Waals surface area contributed by atoms with Crippen LogP contribution in [-0.4, -0.2) is 40.7 Å². The molecule has 0 atom stereocenters. The van der Waals surface area contributed by atoms with E-state index in [1.165, 1.54) is 25.2 Å². The van der Waals surface area contributed by atoms with Gasteiger partial charge in [-0.1, -0.05) is 42.6 Å². The highest BCUT2D eigenvalue weighted by atomic mass is 35.5. The molecule has 2 aromatic rings. The molecule has 1 aromatic heterocycles. The van der Waals surface area contributed by atoms with E-state index in [4.69, 9.17) is 11.6 Å². The van der Waals surface area contributed by atoms with Crippen LogP contribution in [0.25, 0.3) is 10.9 Å². The van der Waals surface area contributed by atoms with Gasteiger partial charge in [-0.2, -0.15) is 0 Å². The van der Waals surface area contributed by atoms with Crippen LogP contribution in [0.2, 0.25) is 5.02 Å². The minimum Gasteiger partial charge on any atom is -0.358 e. The van der Waals surface area contributed by atoms with E-state index in [1.807, 2.05) is 0 Å². The monoisotopic (exact) mass is 422 g/mol. The van der Waals surface area contributed by atoms with Crippen LogP contribution < -0.4 is 16.2 Å². The van der Waals surface area contributed by atoms with Gasteiger partial charge in [-0.3, -0.25) is 19.0 Å². The molecule has 1 aliphatic carbocycles. The van der Waals surface area contributed by atoms with E-state index in [0.29, 0.717) is 21.1 Å². The maximum Gasteiger partial charge on any atom is 0.262 e. The largest absolute Gasteiger partial charge is 0.358 e. The molecule has 0 aliphatic heterocycles. The highest BCUT2D eigenvalue weighted by Gasteiger charge is 2.22. The minimum atomic E-state index is -0.288. The number of carbonyl (C=O) groups excluding carboxylic acids is 2. The fourth-order valence-electron chi connectivity index (χ4n) is 3.36. The van der Waals surface area contributed by atoms with Crippen molar-refractivity contribution in [2.45, 2.75) is 43.3 Å². The van der Waals surface area contributed by atoms with Crippen LogP contribution in [-0.2, 0) is 9.59 Å². The second-order valence-corrected chi connectivity index (χ2v) is 8.14. The predicted molar refractivity (Wildman–Crippen MR) is 111 cm³/mol. The number of hydrogen-bond donors (Lipinski definition) is 2. The second-order valence-electron chi connectivity index (χ2n) is 6.76. The number of aromatic nitrogens is 2. The Kier molecular flexibility index (Phi) is 6.96. The van der Waals surface area contributed by atoms with Crippen molar-refractivity contribution in [1.82, 2.24) is 20.2 Å². The molecule has 2 N–H and O–H groups in total. The topological polar surface area (TPSA) is 93.1 Å². The van der Waals surface area contributed by atoms with Gasteiger partial charge in [0.25, 0.3) is 5.56 Å². The van der Waals surface area contributed by atoms with Crippen molar-refractivity contribution in [3.8, 4) is 0 Å². The first-order valence-corrected chi connectivity index (χ1v) is 10.7. The SMILES string of the molecule is CNC(=O)CNC(=O)CSc1nc2cc(Cl)ccc2c(=O)n1C1CCCCC1. The van der Waals surface area contributed by atoms with Crippen LogP contribution in [0.5, 0.6) is 0 Å². The molecule has 1 aromatic carbocycles. The van der Waals surface area contributed by atoms with Crippen LogP contribution >= 0.6 is 23.4 Å². The van der Waals surface area contributed by atoms with E-state index < -0.39 is 0 Å². The van der Waals surface area contributed by atoms with Crippen molar-refractivity contribution in [3.63, 3.8) is 0 Å². The summed E-state index contributed by atoms with van der Waals surface area (Å²) in [5.74, 6) is -0.484. The van der Waals surface area contributed by atoms with E-state index in [1.54, 1.807) is 22.8 Å². The Balaban J connectivity index is 1.89. The van der Waals surface area contributed by atoms with Gasteiger partial charge in [-0.15, -0.1) is 0 Å². The van der Waals surface area contributed by atoms with Crippen molar-refractivity contribution in [3.05, 3.63) is 33.6 Å². The third kappa shape index (κ3) is 4.86. The fourth-order valence-corrected chi connectivity index (χ4v) is 4.43. The molecule has 1 saturated carbocycles. The number of nitrogens with zero attached hydrogens (tertiary/aromatic N) is 2. The van der Waals surface area contributed by atoms with Crippen molar-refractivity contribution < 1.29 is 9.59 Å². The lowest BCUT2D eigenvalue weighted by Gasteiger charge is -2.26. The quantitative estimate of drug-likeness (QED) is 0.551. The van der Waals surface area contributed by atoms with Crippen molar-refractivity contribution in [2.24, 2.45) is 0 Å². The van der Waals surface area contributed by atoms with Gasteiger partial charge >= 0.3 is 0 Å². The highest BCUT2D eigenvalue weighted by Crippen LogP contribution is 2.31. The molecule has 0 spiro atoms. The van der Waals surface area contributed by atoms with Gasteiger partial charge in [0, 0.05) is 18.1 Å². The number of amides is 2. The predicted octanol–water partition coefficient (Wildman–Crippen LogP) is 2.51. The minimum absolute atomic E-state index is 0.0717. The molecule has 7 nitrogen and oxygen atoms in total. The third-order valence-corrected chi connectivity index (χ3v) is 6.02. The Labute approximate surface area is 172 Å². The molecular weight excluding hydrogens is 400 g/mol. The lowest BCUT2D eigenvalue weighted by atomic mass is 9.95. The molecule has 0 bridgehead atoms. The summed E-state index contributed by atoms with van der Waals surface area (Å²) in [6.45, 7) is -0.0773. The van der Waals surface area contributed by atoms with Gasteiger partial charge in [-0.05, 0) is 31.0 Å². The zero-order chi connectivity index (χ0) is 20.1. The Bertz CT molecular complexity index is 941. The van der Waals surface area contributed by atoms with Gasteiger partial charge < -0.3 is 10.6 Å². The zero-order valence-electron chi connectivity index (χ0n) is 15.7. The first kappa shape index (κ1) is 20.7. The molecule has 1 aliphatic rings. The van der Waals surface area contributed by atoms with E-state index in [-0.39, 0.29) is 35.7 Å². The molecule has 1 heterocycles. The summed E-state index contributed by atoms with van der Waals surface area (Å²) in [4.78, 5) is 41.2. The van der Waals surface area contributed by atoms with Gasteiger partial charge in [0.15, 0.2) is 5.16 Å². The lowest BCUT2D eigenvalue weighted by molar-refractivity contribution is -0.124. The van der Waals surface area contributed by atoms with E-state index in [9.17, 15) is 14.4 Å². The first-order chi connectivity index (χ1) is 13.5. The average molecular weight is 423 g/mol. The van der Waals surface area contributed by atoms with Crippen molar-refractivity contribution in [2.75, 3.05) is 19.3 Å². The molecule has 0 saturated heterocycles. The number of halogens is 1. The molecule has 9 heteroatoms. The molecule has 150 valence electrons. The summed E-state index contributed by atoms with van der Waals surface area (Å²) in [5.41, 5.74) is 0.430. The molecule has 0 unspecified atom stereocenters. The molecule has 2 amide bonds. The average Bonchev–Trinajstić information content (AvgIpc) is 2.70. The molecule has 1 fully saturated rings. The van der Waals surface area contributed by atoms with Crippen molar-refractivity contribution >= 4 is 46.1 Å². The van der Waals surface area contributed by atoms with Crippen LogP contribution in [0.3, 0.4) is 0 Å². The summed E-state index contributed by atoms with van der Waals surface area (Å²) in [7, 11) is 1.51. The normalized spacial score (nSPS) is 14.8. The smallest absolute Gasteiger partial charge is 0.262 e. The highest BCUT2D eigenvalue weighted by molar-refractivity contribution is 7.99. The number of fused-ring (bicyclic) bond motifs is 1. The number of benzene rings is 1. The number of likely N-dealkylation sites (N-methyl/N-ethyl adjacent to an activating group) is 1.